The summed E-state index contributed by atoms with van der Waals surface area (Å²) in [4.78, 5) is 0. The maximum Gasteiger partial charge on any atom is 0.254 e. The molecule has 0 aliphatic heterocycles. The average molecular weight is 285 g/mol. The van der Waals surface area contributed by atoms with E-state index in [0.29, 0.717) is 19.0 Å². The summed E-state index contributed by atoms with van der Waals surface area (Å²) >= 11 is 0. The van der Waals surface area contributed by atoms with E-state index in [1.54, 1.807) is 0 Å². The molecule has 0 aromatic carbocycles. The van der Waals surface area contributed by atoms with E-state index in [1.807, 2.05) is 23.9 Å². The van der Waals surface area contributed by atoms with Crippen LogP contribution in [0.15, 0.2) is 12.3 Å². The molecule has 0 radical (unpaired) electrons. The van der Waals surface area contributed by atoms with Gasteiger partial charge in [0.15, 0.2) is 0 Å². The maximum absolute atomic E-state index is 13.0. The lowest BCUT2D eigenvalue weighted by molar-refractivity contribution is 0.0977. The zero-order chi connectivity index (χ0) is 14.4. The Bertz CT molecular complexity index is 386. The quantitative estimate of drug-likeness (QED) is 0.830. The number of halogens is 2. The molecular formula is C15H25F2N3. The van der Waals surface area contributed by atoms with Crippen molar-refractivity contribution in [1.29, 1.82) is 0 Å². The van der Waals surface area contributed by atoms with Crippen LogP contribution in [0.1, 0.15) is 57.2 Å². The highest BCUT2D eigenvalue weighted by Gasteiger charge is 2.22. The zero-order valence-electron chi connectivity index (χ0n) is 12.2. The predicted molar refractivity (Wildman–Crippen MR) is 76.1 cm³/mol. The van der Waals surface area contributed by atoms with Crippen molar-refractivity contribution in [3.63, 3.8) is 0 Å². The molecule has 1 fully saturated rings. The van der Waals surface area contributed by atoms with Crippen molar-refractivity contribution in [3.8, 4) is 0 Å². The molecule has 0 spiro atoms. The van der Waals surface area contributed by atoms with Gasteiger partial charge in [-0.1, -0.05) is 26.2 Å². The maximum atomic E-state index is 13.0. The molecule has 114 valence electrons. The van der Waals surface area contributed by atoms with Crippen LogP contribution < -0.4 is 5.32 Å². The van der Waals surface area contributed by atoms with Crippen LogP contribution in [-0.4, -0.2) is 28.8 Å². The number of nitrogens with zero attached hydrogens (tertiary/aromatic N) is 2. The van der Waals surface area contributed by atoms with Gasteiger partial charge >= 0.3 is 0 Å². The highest BCUT2D eigenvalue weighted by Crippen LogP contribution is 2.27. The van der Waals surface area contributed by atoms with Crippen LogP contribution in [0.2, 0.25) is 0 Å². The summed E-state index contributed by atoms with van der Waals surface area (Å²) in [5.74, 6) is 0. The first kappa shape index (κ1) is 15.4. The molecule has 5 heteroatoms. The minimum Gasteiger partial charge on any atom is -0.309 e. The Balaban J connectivity index is 1.93. The molecule has 0 bridgehead atoms. The van der Waals surface area contributed by atoms with Crippen molar-refractivity contribution in [2.75, 3.05) is 6.54 Å². The monoisotopic (exact) mass is 285 g/mol. The fraction of sp³-hybridized carbons (Fsp3) is 0.800. The van der Waals surface area contributed by atoms with Crippen LogP contribution in [-0.2, 0) is 6.42 Å². The normalized spacial score (nSPS) is 18.6. The van der Waals surface area contributed by atoms with E-state index < -0.39 is 12.5 Å². The van der Waals surface area contributed by atoms with Gasteiger partial charge in [-0.2, -0.15) is 5.10 Å². The molecule has 1 aromatic heterocycles. The summed E-state index contributed by atoms with van der Waals surface area (Å²) in [6.45, 7) is 2.60. The van der Waals surface area contributed by atoms with Gasteiger partial charge in [0.25, 0.3) is 6.43 Å². The zero-order valence-corrected chi connectivity index (χ0v) is 12.2. The Kier molecular flexibility index (Phi) is 5.95. The molecular weight excluding hydrogens is 260 g/mol. The van der Waals surface area contributed by atoms with Crippen LogP contribution in [0.3, 0.4) is 0 Å². The van der Waals surface area contributed by atoms with Gasteiger partial charge in [-0.15, -0.1) is 0 Å². The second kappa shape index (κ2) is 7.72. The molecule has 1 heterocycles. The smallest absolute Gasteiger partial charge is 0.254 e. The van der Waals surface area contributed by atoms with Gasteiger partial charge in [-0.3, -0.25) is 4.68 Å². The van der Waals surface area contributed by atoms with Gasteiger partial charge in [-0.25, -0.2) is 8.78 Å². The summed E-state index contributed by atoms with van der Waals surface area (Å²) in [6, 6.07) is 1.56. The van der Waals surface area contributed by atoms with E-state index in [0.717, 1.165) is 25.0 Å². The third-order valence-corrected chi connectivity index (χ3v) is 4.00. The molecule has 2 rings (SSSR count). The number of alkyl halides is 2. The molecule has 1 N–H and O–H groups in total. The Morgan fingerprint density at radius 3 is 2.75 bits per heavy atom. The van der Waals surface area contributed by atoms with Crippen molar-refractivity contribution < 1.29 is 8.78 Å². The Morgan fingerprint density at radius 1 is 1.35 bits per heavy atom. The first-order chi connectivity index (χ1) is 9.70. The van der Waals surface area contributed by atoms with Crippen molar-refractivity contribution in [1.82, 2.24) is 15.1 Å². The minimum atomic E-state index is -2.35. The predicted octanol–water partition coefficient (Wildman–Crippen LogP) is 3.56. The van der Waals surface area contributed by atoms with E-state index in [-0.39, 0.29) is 0 Å². The molecule has 1 aliphatic carbocycles. The van der Waals surface area contributed by atoms with E-state index >= 15 is 0 Å². The molecule has 1 aliphatic rings. The summed E-state index contributed by atoms with van der Waals surface area (Å²) in [7, 11) is 0. The van der Waals surface area contributed by atoms with Gasteiger partial charge < -0.3 is 5.32 Å². The van der Waals surface area contributed by atoms with Crippen LogP contribution >= 0.6 is 0 Å². The first-order valence-corrected chi connectivity index (χ1v) is 7.76. The van der Waals surface area contributed by atoms with E-state index in [4.69, 9.17) is 0 Å². The van der Waals surface area contributed by atoms with E-state index in [9.17, 15) is 8.78 Å². The van der Waals surface area contributed by atoms with E-state index in [1.165, 1.54) is 19.3 Å². The number of aromatic nitrogens is 2. The van der Waals surface area contributed by atoms with Gasteiger partial charge in [0.2, 0.25) is 0 Å². The second-order valence-corrected chi connectivity index (χ2v) is 5.68. The molecule has 1 atom stereocenters. The first-order valence-electron chi connectivity index (χ1n) is 7.76. The van der Waals surface area contributed by atoms with Crippen LogP contribution in [0.25, 0.3) is 0 Å². The summed E-state index contributed by atoms with van der Waals surface area (Å²) in [5.41, 5.74) is 0.768. The van der Waals surface area contributed by atoms with E-state index in [2.05, 4.69) is 10.4 Å². The number of hydrogen-bond donors (Lipinski definition) is 1. The molecule has 0 amide bonds. The van der Waals surface area contributed by atoms with Gasteiger partial charge in [-0.05, 0) is 31.9 Å². The molecule has 1 unspecified atom stereocenters. The largest absolute Gasteiger partial charge is 0.309 e. The SMILES string of the molecule is CCCNC(Cc1ccn(C2CCCCC2)n1)C(F)F. The Morgan fingerprint density at radius 2 is 2.10 bits per heavy atom. The summed E-state index contributed by atoms with van der Waals surface area (Å²) in [5, 5.41) is 7.41. The number of nitrogens with one attached hydrogen (secondary N) is 1. The average Bonchev–Trinajstić information content (AvgIpc) is 2.92. The van der Waals surface area contributed by atoms with Crippen molar-refractivity contribution in [2.24, 2.45) is 0 Å². The third kappa shape index (κ3) is 4.27. The Hall–Kier alpha value is -0.970. The lowest BCUT2D eigenvalue weighted by Crippen LogP contribution is -2.38. The topological polar surface area (TPSA) is 29.9 Å². The third-order valence-electron chi connectivity index (χ3n) is 4.00. The van der Waals surface area contributed by atoms with Crippen LogP contribution in [0.5, 0.6) is 0 Å². The highest BCUT2D eigenvalue weighted by atomic mass is 19.3. The van der Waals surface area contributed by atoms with Crippen molar-refractivity contribution in [2.45, 2.75) is 70.4 Å². The lowest BCUT2D eigenvalue weighted by atomic mass is 9.96. The standard InChI is InChI=1S/C15H25F2N3/c1-2-9-18-14(15(16)17)11-12-8-10-20(19-12)13-6-4-3-5-7-13/h8,10,13-15,18H,2-7,9,11H2,1H3. The fourth-order valence-corrected chi connectivity index (χ4v) is 2.84. The molecule has 1 saturated carbocycles. The molecule has 20 heavy (non-hydrogen) atoms. The number of hydrogen-bond acceptors (Lipinski definition) is 2. The summed E-state index contributed by atoms with van der Waals surface area (Å²) in [6.07, 6.45) is 6.89. The van der Waals surface area contributed by atoms with Crippen molar-refractivity contribution in [3.05, 3.63) is 18.0 Å². The number of rotatable bonds is 7. The van der Waals surface area contributed by atoms with Gasteiger partial charge in [0, 0.05) is 12.6 Å². The van der Waals surface area contributed by atoms with Crippen molar-refractivity contribution >= 4 is 0 Å². The Labute approximate surface area is 119 Å². The van der Waals surface area contributed by atoms with Crippen LogP contribution in [0.4, 0.5) is 8.78 Å². The highest BCUT2D eigenvalue weighted by molar-refractivity contribution is 5.03. The molecule has 0 saturated heterocycles. The van der Waals surface area contributed by atoms with Gasteiger partial charge in [0.05, 0.1) is 17.8 Å². The lowest BCUT2D eigenvalue weighted by Gasteiger charge is -2.22. The minimum absolute atomic E-state index is 0.303. The summed E-state index contributed by atoms with van der Waals surface area (Å²) < 4.78 is 27.9. The molecule has 3 nitrogen and oxygen atoms in total. The fourth-order valence-electron chi connectivity index (χ4n) is 2.84. The second-order valence-electron chi connectivity index (χ2n) is 5.68. The van der Waals surface area contributed by atoms with Gasteiger partial charge in [0.1, 0.15) is 0 Å². The molecule has 1 aromatic rings. The van der Waals surface area contributed by atoms with Crippen LogP contribution in [0, 0.1) is 0 Å².